The van der Waals surface area contributed by atoms with Gasteiger partial charge < -0.3 is 4.90 Å². The first-order valence-corrected chi connectivity index (χ1v) is 9.35. The fraction of sp³-hybridized carbons (Fsp3) is 0.273. The maximum Gasteiger partial charge on any atom is 0.278 e. The second-order valence-corrected chi connectivity index (χ2v) is 6.90. The van der Waals surface area contributed by atoms with Crippen molar-refractivity contribution in [2.75, 3.05) is 11.9 Å². The molecule has 27 heavy (non-hydrogen) atoms. The van der Waals surface area contributed by atoms with E-state index in [9.17, 15) is 9.18 Å². The van der Waals surface area contributed by atoms with Crippen LogP contribution < -0.4 is 4.90 Å². The van der Waals surface area contributed by atoms with Crippen LogP contribution in [0.5, 0.6) is 0 Å². The normalized spacial score (nSPS) is 13.7. The molecule has 0 spiro atoms. The highest BCUT2D eigenvalue weighted by Crippen LogP contribution is 2.28. The van der Waals surface area contributed by atoms with Gasteiger partial charge in [0.05, 0.1) is 11.4 Å². The van der Waals surface area contributed by atoms with Crippen LogP contribution in [-0.4, -0.2) is 22.7 Å². The molecule has 1 heterocycles. The van der Waals surface area contributed by atoms with Crippen molar-refractivity contribution in [3.8, 4) is 5.69 Å². The molecule has 2 aromatic carbocycles. The van der Waals surface area contributed by atoms with E-state index in [-0.39, 0.29) is 11.6 Å². The molecular formula is C22H22FN3O. The molecule has 1 aliphatic rings. The Morgan fingerprint density at radius 3 is 2.48 bits per heavy atom. The van der Waals surface area contributed by atoms with Gasteiger partial charge in [-0.25, -0.2) is 9.07 Å². The molecule has 0 atom stereocenters. The number of halogens is 1. The summed E-state index contributed by atoms with van der Waals surface area (Å²) in [7, 11) is 1.60. The quantitative estimate of drug-likeness (QED) is 0.640. The van der Waals surface area contributed by atoms with Gasteiger partial charge in [0.1, 0.15) is 5.82 Å². The SMILES string of the molecule is CN(C(=O)c1nn(-c2ccccc2)c2c1CCCCC2)c1ccccc1F. The van der Waals surface area contributed by atoms with Crippen LogP contribution >= 0.6 is 0 Å². The fourth-order valence-electron chi connectivity index (χ4n) is 3.72. The lowest BCUT2D eigenvalue weighted by atomic mass is 10.1. The lowest BCUT2D eigenvalue weighted by Crippen LogP contribution is -2.28. The van der Waals surface area contributed by atoms with Crippen LogP contribution in [0.25, 0.3) is 5.69 Å². The molecule has 0 bridgehead atoms. The van der Waals surface area contributed by atoms with E-state index >= 15 is 0 Å². The number of carbonyl (C=O) groups excluding carboxylic acids is 1. The van der Waals surface area contributed by atoms with Crippen LogP contribution in [0.15, 0.2) is 54.6 Å². The van der Waals surface area contributed by atoms with Crippen LogP contribution in [0.2, 0.25) is 0 Å². The topological polar surface area (TPSA) is 38.1 Å². The van der Waals surface area contributed by atoms with Crippen molar-refractivity contribution in [1.29, 1.82) is 0 Å². The first-order chi connectivity index (χ1) is 13.2. The van der Waals surface area contributed by atoms with Crippen molar-refractivity contribution in [1.82, 2.24) is 9.78 Å². The van der Waals surface area contributed by atoms with E-state index in [0.717, 1.165) is 49.0 Å². The monoisotopic (exact) mass is 363 g/mol. The Morgan fingerprint density at radius 1 is 1.00 bits per heavy atom. The molecule has 4 rings (SSSR count). The summed E-state index contributed by atoms with van der Waals surface area (Å²) in [4.78, 5) is 14.6. The number of rotatable bonds is 3. The van der Waals surface area contributed by atoms with Gasteiger partial charge in [-0.2, -0.15) is 5.10 Å². The number of anilines is 1. The zero-order valence-corrected chi connectivity index (χ0v) is 15.4. The van der Waals surface area contributed by atoms with Crippen molar-refractivity contribution in [2.45, 2.75) is 32.1 Å². The van der Waals surface area contributed by atoms with E-state index in [4.69, 9.17) is 0 Å². The molecule has 1 amide bonds. The Bertz CT molecular complexity index is 965. The van der Waals surface area contributed by atoms with Gasteiger partial charge in [0.25, 0.3) is 5.91 Å². The highest BCUT2D eigenvalue weighted by Gasteiger charge is 2.27. The summed E-state index contributed by atoms with van der Waals surface area (Å²) < 4.78 is 16.1. The summed E-state index contributed by atoms with van der Waals surface area (Å²) in [6, 6.07) is 16.2. The molecule has 0 aliphatic heterocycles. The average Bonchev–Trinajstić information content (AvgIpc) is 2.89. The van der Waals surface area contributed by atoms with Crippen molar-refractivity contribution in [2.24, 2.45) is 0 Å². The van der Waals surface area contributed by atoms with Crippen molar-refractivity contribution in [3.63, 3.8) is 0 Å². The molecule has 0 fully saturated rings. The van der Waals surface area contributed by atoms with E-state index in [2.05, 4.69) is 5.10 Å². The maximum absolute atomic E-state index is 14.2. The third-order valence-electron chi connectivity index (χ3n) is 5.15. The van der Waals surface area contributed by atoms with Crippen LogP contribution in [0, 0.1) is 5.82 Å². The molecular weight excluding hydrogens is 341 g/mol. The summed E-state index contributed by atoms with van der Waals surface area (Å²) in [6.07, 6.45) is 4.99. The zero-order chi connectivity index (χ0) is 18.8. The first kappa shape index (κ1) is 17.5. The van der Waals surface area contributed by atoms with Crippen molar-refractivity contribution in [3.05, 3.63) is 77.4 Å². The summed E-state index contributed by atoms with van der Waals surface area (Å²) in [5, 5.41) is 4.68. The van der Waals surface area contributed by atoms with Crippen LogP contribution in [0.3, 0.4) is 0 Å². The molecule has 4 nitrogen and oxygen atoms in total. The van der Waals surface area contributed by atoms with Crippen LogP contribution in [-0.2, 0) is 12.8 Å². The number of amides is 1. The van der Waals surface area contributed by atoms with Gasteiger partial charge in [-0.15, -0.1) is 0 Å². The number of fused-ring (bicyclic) bond motifs is 1. The number of benzene rings is 2. The predicted octanol–water partition coefficient (Wildman–Crippen LogP) is 4.56. The standard InChI is InChI=1S/C22H22FN3O/c1-25(20-15-9-8-13-18(20)23)22(27)21-17-12-6-3-7-14-19(17)26(24-21)16-10-4-2-5-11-16/h2,4-5,8-11,13,15H,3,6-7,12,14H2,1H3. The maximum atomic E-state index is 14.2. The lowest BCUT2D eigenvalue weighted by molar-refractivity contribution is 0.0986. The van der Waals surface area contributed by atoms with Gasteiger partial charge in [-0.05, 0) is 49.9 Å². The van der Waals surface area contributed by atoms with Gasteiger partial charge >= 0.3 is 0 Å². The van der Waals surface area contributed by atoms with Crippen molar-refractivity contribution >= 4 is 11.6 Å². The smallest absolute Gasteiger partial charge is 0.278 e. The number of hydrogen-bond acceptors (Lipinski definition) is 2. The van der Waals surface area contributed by atoms with Gasteiger partial charge in [-0.3, -0.25) is 4.79 Å². The third kappa shape index (κ3) is 3.25. The Hall–Kier alpha value is -2.95. The first-order valence-electron chi connectivity index (χ1n) is 9.35. The zero-order valence-electron chi connectivity index (χ0n) is 15.4. The Balaban J connectivity index is 1.80. The van der Waals surface area contributed by atoms with Gasteiger partial charge in [-0.1, -0.05) is 36.8 Å². The highest BCUT2D eigenvalue weighted by molar-refractivity contribution is 6.05. The van der Waals surface area contributed by atoms with Gasteiger partial charge in [0.2, 0.25) is 0 Å². The van der Waals surface area contributed by atoms with Crippen molar-refractivity contribution < 1.29 is 9.18 Å². The number of nitrogens with zero attached hydrogens (tertiary/aromatic N) is 3. The Kier molecular flexibility index (Phi) is 4.75. The summed E-state index contributed by atoms with van der Waals surface area (Å²) >= 11 is 0. The van der Waals surface area contributed by atoms with E-state index in [0.29, 0.717) is 5.69 Å². The largest absolute Gasteiger partial charge is 0.307 e. The molecule has 0 N–H and O–H groups in total. The Labute approximate surface area is 158 Å². The molecule has 0 unspecified atom stereocenters. The molecule has 0 radical (unpaired) electrons. The average molecular weight is 363 g/mol. The van der Waals surface area contributed by atoms with Crippen LogP contribution in [0.1, 0.15) is 41.0 Å². The number of carbonyl (C=O) groups is 1. The second-order valence-electron chi connectivity index (χ2n) is 6.90. The molecule has 5 heteroatoms. The minimum absolute atomic E-state index is 0.263. The fourth-order valence-corrected chi connectivity index (χ4v) is 3.72. The van der Waals surface area contributed by atoms with Gasteiger partial charge in [0.15, 0.2) is 5.69 Å². The summed E-state index contributed by atoms with van der Waals surface area (Å²) in [6.45, 7) is 0. The van der Waals surface area contributed by atoms with Crippen LogP contribution in [0.4, 0.5) is 10.1 Å². The van der Waals surface area contributed by atoms with E-state index in [1.54, 1.807) is 25.2 Å². The van der Waals surface area contributed by atoms with E-state index in [1.165, 1.54) is 11.0 Å². The lowest BCUT2D eigenvalue weighted by Gasteiger charge is -2.17. The molecule has 0 saturated carbocycles. The molecule has 1 aliphatic carbocycles. The number of para-hydroxylation sites is 2. The Morgan fingerprint density at radius 2 is 1.70 bits per heavy atom. The summed E-state index contributed by atoms with van der Waals surface area (Å²) in [5.41, 5.74) is 3.75. The molecule has 0 saturated heterocycles. The second kappa shape index (κ2) is 7.35. The van der Waals surface area contributed by atoms with Gasteiger partial charge in [0, 0.05) is 18.3 Å². The molecule has 1 aromatic heterocycles. The minimum Gasteiger partial charge on any atom is -0.307 e. The predicted molar refractivity (Wildman–Crippen MR) is 104 cm³/mol. The van der Waals surface area contributed by atoms with E-state index in [1.807, 2.05) is 35.0 Å². The molecule has 138 valence electrons. The van der Waals surface area contributed by atoms with E-state index < -0.39 is 5.82 Å². The number of hydrogen-bond donors (Lipinski definition) is 0. The minimum atomic E-state index is -0.415. The highest BCUT2D eigenvalue weighted by atomic mass is 19.1. The number of aromatic nitrogens is 2. The molecule has 3 aromatic rings. The summed E-state index contributed by atoms with van der Waals surface area (Å²) in [5.74, 6) is -0.685. The third-order valence-corrected chi connectivity index (χ3v) is 5.15.